The number of ether oxygens (including phenoxy) is 1. The third-order valence-electron chi connectivity index (χ3n) is 2.00. The van der Waals surface area contributed by atoms with E-state index >= 15 is 0 Å². The van der Waals surface area contributed by atoms with Crippen LogP contribution in [0.15, 0.2) is 35.3 Å². The highest BCUT2D eigenvalue weighted by Gasteiger charge is 2.23. The predicted octanol–water partition coefficient (Wildman–Crippen LogP) is 1.54. The van der Waals surface area contributed by atoms with Crippen molar-refractivity contribution in [2.75, 3.05) is 7.11 Å². The minimum Gasteiger partial charge on any atom is -0.495 e. The number of alkyl halides is 1. The molecule has 0 bridgehead atoms. The van der Waals surface area contributed by atoms with E-state index in [9.17, 15) is 4.79 Å². The van der Waals surface area contributed by atoms with E-state index in [1.165, 1.54) is 13.2 Å². The molecule has 0 fully saturated rings. The van der Waals surface area contributed by atoms with E-state index in [4.69, 9.17) is 15.6 Å². The quantitative estimate of drug-likeness (QED) is 0.749. The molecule has 1 aliphatic rings. The molecule has 0 saturated carbocycles. The third kappa shape index (κ3) is 2.62. The first-order chi connectivity index (χ1) is 6.87. The van der Waals surface area contributed by atoms with Crippen LogP contribution >= 0.6 is 15.9 Å². The Bertz CT molecular complexity index is 380. The lowest BCUT2D eigenvalue weighted by Gasteiger charge is -2.13. The molecule has 82 valence electrons. The van der Waals surface area contributed by atoms with Crippen LogP contribution in [0.2, 0.25) is 0 Å². The van der Waals surface area contributed by atoms with Crippen LogP contribution in [0.5, 0.6) is 0 Å². The second kappa shape index (κ2) is 4.10. The van der Waals surface area contributed by atoms with E-state index in [0.717, 1.165) is 0 Å². The Morgan fingerprint density at radius 2 is 2.27 bits per heavy atom. The minimum atomic E-state index is -1.07. The van der Waals surface area contributed by atoms with Crippen molar-refractivity contribution in [3.63, 3.8) is 0 Å². The molecular weight excluding hydrogens is 262 g/mol. The van der Waals surface area contributed by atoms with Gasteiger partial charge in [-0.1, -0.05) is 22.0 Å². The molecule has 0 heterocycles. The van der Waals surface area contributed by atoms with Crippen molar-refractivity contribution in [3.05, 3.63) is 35.3 Å². The molecular formula is C10H12BrNO3. The van der Waals surface area contributed by atoms with Gasteiger partial charge < -0.3 is 15.6 Å². The van der Waals surface area contributed by atoms with Crippen molar-refractivity contribution in [2.24, 2.45) is 5.73 Å². The molecule has 3 N–H and O–H groups in total. The zero-order chi connectivity index (χ0) is 11.6. The van der Waals surface area contributed by atoms with E-state index in [1.807, 2.05) is 6.92 Å². The Balaban J connectivity index is 3.31. The molecule has 0 radical (unpaired) electrons. The lowest BCUT2D eigenvalue weighted by Crippen LogP contribution is -2.12. The summed E-state index contributed by atoms with van der Waals surface area (Å²) in [7, 11) is 1.45. The Hall–Kier alpha value is -1.23. The summed E-state index contributed by atoms with van der Waals surface area (Å²) in [6, 6.07) is 0. The summed E-state index contributed by atoms with van der Waals surface area (Å²) in [4.78, 5) is 10.9. The zero-order valence-electron chi connectivity index (χ0n) is 8.45. The van der Waals surface area contributed by atoms with Crippen molar-refractivity contribution < 1.29 is 14.6 Å². The van der Waals surface area contributed by atoms with Gasteiger partial charge in [-0.25, -0.2) is 4.79 Å². The average molecular weight is 274 g/mol. The standard InChI is InChI=1S/C10H12BrNO3/c1-10(11)4-3-6(9(13)14)8(12)7(5-10)15-2/h3-5H,12H2,1-2H3,(H,13,14). The highest BCUT2D eigenvalue weighted by Crippen LogP contribution is 2.29. The predicted molar refractivity (Wildman–Crippen MR) is 60.4 cm³/mol. The molecule has 4 nitrogen and oxygen atoms in total. The smallest absolute Gasteiger partial charge is 0.337 e. The molecule has 0 aromatic carbocycles. The highest BCUT2D eigenvalue weighted by molar-refractivity contribution is 9.10. The molecule has 1 unspecified atom stereocenters. The molecule has 0 aromatic rings. The van der Waals surface area contributed by atoms with E-state index in [2.05, 4.69) is 15.9 Å². The van der Waals surface area contributed by atoms with Crippen LogP contribution in [-0.2, 0) is 9.53 Å². The molecule has 0 amide bonds. The lowest BCUT2D eigenvalue weighted by molar-refractivity contribution is -0.132. The minimum absolute atomic E-state index is 0.0336. The number of carbonyl (C=O) groups is 1. The van der Waals surface area contributed by atoms with Gasteiger partial charge in [-0.3, -0.25) is 0 Å². The van der Waals surface area contributed by atoms with Gasteiger partial charge in [-0.05, 0) is 19.1 Å². The van der Waals surface area contributed by atoms with Crippen LogP contribution in [0.1, 0.15) is 6.92 Å². The number of carboxylic acid groups (broad SMARTS) is 1. The highest BCUT2D eigenvalue weighted by atomic mass is 79.9. The Labute approximate surface area is 96.2 Å². The first-order valence-corrected chi connectivity index (χ1v) is 5.05. The van der Waals surface area contributed by atoms with E-state index < -0.39 is 10.3 Å². The summed E-state index contributed by atoms with van der Waals surface area (Å²) >= 11 is 3.41. The molecule has 1 aliphatic carbocycles. The fourth-order valence-corrected chi connectivity index (χ4v) is 1.55. The fraction of sp³-hybridized carbons (Fsp3) is 0.300. The van der Waals surface area contributed by atoms with Crippen molar-refractivity contribution in [1.29, 1.82) is 0 Å². The second-order valence-electron chi connectivity index (χ2n) is 3.33. The van der Waals surface area contributed by atoms with E-state index in [-0.39, 0.29) is 11.3 Å². The van der Waals surface area contributed by atoms with Gasteiger partial charge in [0.25, 0.3) is 0 Å². The van der Waals surface area contributed by atoms with Gasteiger partial charge in [-0.2, -0.15) is 0 Å². The summed E-state index contributed by atoms with van der Waals surface area (Å²) in [5.41, 5.74) is 5.85. The van der Waals surface area contributed by atoms with Crippen molar-refractivity contribution in [3.8, 4) is 0 Å². The molecule has 0 saturated heterocycles. The summed E-state index contributed by atoms with van der Waals surface area (Å²) in [5.74, 6) is -0.714. The van der Waals surface area contributed by atoms with Crippen molar-refractivity contribution in [1.82, 2.24) is 0 Å². The molecule has 15 heavy (non-hydrogen) atoms. The van der Waals surface area contributed by atoms with Crippen LogP contribution in [0.25, 0.3) is 0 Å². The molecule has 1 rings (SSSR count). The van der Waals surface area contributed by atoms with Gasteiger partial charge in [-0.15, -0.1) is 0 Å². The normalized spacial score (nSPS) is 25.9. The Morgan fingerprint density at radius 3 is 2.73 bits per heavy atom. The number of methoxy groups -OCH3 is 1. The van der Waals surface area contributed by atoms with Gasteiger partial charge in [0.05, 0.1) is 22.7 Å². The number of hydrogen-bond acceptors (Lipinski definition) is 3. The number of aliphatic carboxylic acids is 1. The fourth-order valence-electron chi connectivity index (χ4n) is 1.21. The summed E-state index contributed by atoms with van der Waals surface area (Å²) in [6.07, 6.45) is 4.89. The summed E-state index contributed by atoms with van der Waals surface area (Å²) in [6.45, 7) is 1.86. The molecule has 1 atom stereocenters. The number of halogens is 1. The van der Waals surface area contributed by atoms with Crippen LogP contribution in [-0.4, -0.2) is 22.5 Å². The lowest BCUT2D eigenvalue weighted by atomic mass is 10.1. The largest absolute Gasteiger partial charge is 0.495 e. The van der Waals surface area contributed by atoms with Gasteiger partial charge in [0.2, 0.25) is 0 Å². The molecule has 0 aliphatic heterocycles. The molecule has 5 heteroatoms. The summed E-state index contributed by atoms with van der Waals surface area (Å²) in [5, 5.41) is 8.93. The monoisotopic (exact) mass is 273 g/mol. The Kier molecular flexibility index (Phi) is 3.24. The van der Waals surface area contributed by atoms with Gasteiger partial charge in [0.15, 0.2) is 0 Å². The maximum Gasteiger partial charge on any atom is 0.337 e. The van der Waals surface area contributed by atoms with Crippen molar-refractivity contribution in [2.45, 2.75) is 11.2 Å². The first kappa shape index (κ1) is 11.8. The summed E-state index contributed by atoms with van der Waals surface area (Å²) < 4.78 is 4.59. The molecule has 0 aromatic heterocycles. The number of hydrogen-bond donors (Lipinski definition) is 2. The van der Waals surface area contributed by atoms with Crippen LogP contribution in [0.3, 0.4) is 0 Å². The zero-order valence-corrected chi connectivity index (χ0v) is 10.0. The Morgan fingerprint density at radius 1 is 1.67 bits per heavy atom. The van der Waals surface area contributed by atoms with Crippen LogP contribution in [0, 0.1) is 0 Å². The van der Waals surface area contributed by atoms with Crippen LogP contribution < -0.4 is 5.73 Å². The first-order valence-electron chi connectivity index (χ1n) is 4.26. The number of carboxylic acids is 1. The van der Waals surface area contributed by atoms with Crippen LogP contribution in [0.4, 0.5) is 0 Å². The molecule has 0 spiro atoms. The second-order valence-corrected chi connectivity index (χ2v) is 5.04. The number of rotatable bonds is 2. The van der Waals surface area contributed by atoms with Crippen molar-refractivity contribution >= 4 is 21.9 Å². The maximum absolute atomic E-state index is 10.9. The van der Waals surface area contributed by atoms with E-state index in [0.29, 0.717) is 5.76 Å². The van der Waals surface area contributed by atoms with E-state index in [1.54, 1.807) is 12.2 Å². The third-order valence-corrected chi connectivity index (χ3v) is 2.49. The van der Waals surface area contributed by atoms with Gasteiger partial charge >= 0.3 is 5.97 Å². The maximum atomic E-state index is 10.9. The van der Waals surface area contributed by atoms with Gasteiger partial charge in [0.1, 0.15) is 5.76 Å². The van der Waals surface area contributed by atoms with Gasteiger partial charge in [0, 0.05) is 0 Å². The SMILES string of the molecule is COC1=CC(C)(Br)C=CC(C(=O)O)=C1N. The number of nitrogens with two attached hydrogens (primary N) is 1. The number of allylic oxidation sites excluding steroid dienone is 2. The average Bonchev–Trinajstić information content (AvgIpc) is 2.23. The topological polar surface area (TPSA) is 72.5 Å².